The van der Waals surface area contributed by atoms with Gasteiger partial charge < -0.3 is 26.6 Å². The monoisotopic (exact) mass is 574 g/mol. The Hall–Kier alpha value is -6.57. The van der Waals surface area contributed by atoms with Crippen molar-refractivity contribution in [2.45, 2.75) is 0 Å². The van der Waals surface area contributed by atoms with Crippen LogP contribution >= 0.6 is 0 Å². The molecule has 1 heterocycles. The second-order valence-electron chi connectivity index (χ2n) is 8.79. The molecular formula is C29H22N10O4. The number of benzene rings is 4. The molecule has 4 aromatic carbocycles. The maximum atomic E-state index is 11.0. The van der Waals surface area contributed by atoms with Crippen molar-refractivity contribution in [1.29, 1.82) is 0 Å². The van der Waals surface area contributed by atoms with Gasteiger partial charge in [-0.2, -0.15) is 35.4 Å². The molecule has 43 heavy (non-hydrogen) atoms. The lowest BCUT2D eigenvalue weighted by molar-refractivity contribution is 0.0686. The van der Waals surface area contributed by atoms with Crippen molar-refractivity contribution in [2.24, 2.45) is 20.5 Å². The molecule has 1 aromatic heterocycles. The predicted octanol–water partition coefficient (Wildman–Crippen LogP) is 7.17. The fourth-order valence-corrected chi connectivity index (χ4v) is 3.56. The molecule has 0 aliphatic carbocycles. The molecule has 0 spiro atoms. The number of anilines is 5. The largest absolute Gasteiger partial charge is 0.478 e. The summed E-state index contributed by atoms with van der Waals surface area (Å²) in [6, 6.07) is 26.2. The summed E-state index contributed by atoms with van der Waals surface area (Å²) in [7, 11) is 0. The standard InChI is InChI=1S/C29H22N10O4/c30-27-33-28(31-19-9-13-23(14-10-19)38-36-21-5-1-17(2-6-21)25(40)41)35-29(34-27)32-20-11-15-24(16-12-20)39-37-22-7-3-18(4-8-22)26(42)43/h1-16H,(H,40,41)(H,42,43)(H4,30,31,32,33,34,35). The number of nitrogens with one attached hydrogen (secondary N) is 2. The van der Waals surface area contributed by atoms with E-state index in [4.69, 9.17) is 15.9 Å². The molecule has 6 N–H and O–H groups in total. The molecule has 0 bridgehead atoms. The number of hydrogen-bond donors (Lipinski definition) is 5. The molecule has 0 saturated carbocycles. The van der Waals surface area contributed by atoms with Crippen LogP contribution in [0.5, 0.6) is 0 Å². The predicted molar refractivity (Wildman–Crippen MR) is 159 cm³/mol. The molecule has 0 radical (unpaired) electrons. The average Bonchev–Trinajstić information content (AvgIpc) is 3.00. The molecule has 14 nitrogen and oxygen atoms in total. The molecule has 0 saturated heterocycles. The van der Waals surface area contributed by atoms with Gasteiger partial charge in [0.15, 0.2) is 0 Å². The molecule has 0 fully saturated rings. The Balaban J connectivity index is 1.19. The van der Waals surface area contributed by atoms with Gasteiger partial charge in [0, 0.05) is 11.4 Å². The SMILES string of the molecule is Nc1nc(Nc2ccc(N=Nc3ccc(C(=O)O)cc3)cc2)nc(Nc2ccc(N=Nc3ccc(C(=O)O)cc3)cc2)n1. The van der Waals surface area contributed by atoms with Crippen molar-refractivity contribution >= 4 is 63.9 Å². The first-order valence-electron chi connectivity index (χ1n) is 12.6. The van der Waals surface area contributed by atoms with Gasteiger partial charge >= 0.3 is 11.9 Å². The Morgan fingerprint density at radius 2 is 0.814 bits per heavy atom. The van der Waals surface area contributed by atoms with Gasteiger partial charge in [0.2, 0.25) is 17.8 Å². The third-order valence-electron chi connectivity index (χ3n) is 5.69. The average molecular weight is 575 g/mol. The zero-order valence-electron chi connectivity index (χ0n) is 22.2. The highest BCUT2D eigenvalue weighted by Gasteiger charge is 2.07. The highest BCUT2D eigenvalue weighted by atomic mass is 16.4. The Bertz CT molecular complexity index is 1680. The Labute approximate surface area is 243 Å². The fourth-order valence-electron chi connectivity index (χ4n) is 3.56. The van der Waals surface area contributed by atoms with E-state index in [1.54, 1.807) is 72.8 Å². The summed E-state index contributed by atoms with van der Waals surface area (Å²) >= 11 is 0. The summed E-state index contributed by atoms with van der Waals surface area (Å²) < 4.78 is 0. The third-order valence-corrected chi connectivity index (χ3v) is 5.69. The smallest absolute Gasteiger partial charge is 0.335 e. The zero-order chi connectivity index (χ0) is 30.2. The van der Waals surface area contributed by atoms with Crippen molar-refractivity contribution in [3.8, 4) is 0 Å². The summed E-state index contributed by atoms with van der Waals surface area (Å²) in [5, 5.41) is 40.7. The minimum Gasteiger partial charge on any atom is -0.478 e. The van der Waals surface area contributed by atoms with E-state index >= 15 is 0 Å². The number of aromatic nitrogens is 3. The Kier molecular flexibility index (Phi) is 8.29. The first kappa shape index (κ1) is 28.0. The van der Waals surface area contributed by atoms with E-state index in [0.717, 1.165) is 0 Å². The highest BCUT2D eigenvalue weighted by Crippen LogP contribution is 2.24. The lowest BCUT2D eigenvalue weighted by Crippen LogP contribution is -2.06. The van der Waals surface area contributed by atoms with Gasteiger partial charge in [-0.15, -0.1) is 0 Å². The van der Waals surface area contributed by atoms with Gasteiger partial charge in [0.25, 0.3) is 0 Å². The number of aromatic carboxylic acids is 2. The summed E-state index contributed by atoms with van der Waals surface area (Å²) in [5.74, 6) is -1.55. The van der Waals surface area contributed by atoms with Crippen LogP contribution in [0.25, 0.3) is 0 Å². The van der Waals surface area contributed by atoms with Crippen LogP contribution in [0.3, 0.4) is 0 Å². The quantitative estimate of drug-likeness (QED) is 0.106. The number of carbonyl (C=O) groups is 2. The van der Waals surface area contributed by atoms with Crippen molar-refractivity contribution in [3.63, 3.8) is 0 Å². The van der Waals surface area contributed by atoms with E-state index < -0.39 is 11.9 Å². The van der Waals surface area contributed by atoms with Crippen molar-refractivity contribution in [2.75, 3.05) is 16.4 Å². The van der Waals surface area contributed by atoms with E-state index in [1.807, 2.05) is 0 Å². The third kappa shape index (κ3) is 7.76. The minimum atomic E-state index is -1.01. The number of azo groups is 2. The number of carboxylic acids is 2. The van der Waals surface area contributed by atoms with Gasteiger partial charge in [0.1, 0.15) is 0 Å². The van der Waals surface area contributed by atoms with Gasteiger partial charge in [-0.25, -0.2) is 9.59 Å². The van der Waals surface area contributed by atoms with E-state index in [0.29, 0.717) is 34.1 Å². The number of rotatable bonds is 10. The number of nitrogens with two attached hydrogens (primary N) is 1. The highest BCUT2D eigenvalue weighted by molar-refractivity contribution is 5.88. The second kappa shape index (κ2) is 12.7. The van der Waals surface area contributed by atoms with Gasteiger partial charge in [-0.3, -0.25) is 0 Å². The summed E-state index contributed by atoms with van der Waals surface area (Å²) in [4.78, 5) is 34.6. The summed E-state index contributed by atoms with van der Waals surface area (Å²) in [6.45, 7) is 0. The maximum Gasteiger partial charge on any atom is 0.335 e. The number of nitrogen functional groups attached to an aromatic ring is 1. The lowest BCUT2D eigenvalue weighted by atomic mass is 10.2. The van der Waals surface area contributed by atoms with E-state index in [1.165, 1.54) is 24.3 Å². The van der Waals surface area contributed by atoms with Gasteiger partial charge in [-0.1, -0.05) is 0 Å². The van der Waals surface area contributed by atoms with E-state index in [-0.39, 0.29) is 29.0 Å². The number of carboxylic acid groups (broad SMARTS) is 2. The van der Waals surface area contributed by atoms with Crippen LogP contribution in [0, 0.1) is 0 Å². The molecule has 0 unspecified atom stereocenters. The fraction of sp³-hybridized carbons (Fsp3) is 0. The van der Waals surface area contributed by atoms with Crippen LogP contribution in [-0.2, 0) is 0 Å². The first-order valence-corrected chi connectivity index (χ1v) is 12.6. The van der Waals surface area contributed by atoms with Gasteiger partial charge in [-0.05, 0) is 97.1 Å². The summed E-state index contributed by atoms with van der Waals surface area (Å²) in [6.07, 6.45) is 0. The van der Waals surface area contributed by atoms with Crippen molar-refractivity contribution < 1.29 is 19.8 Å². The van der Waals surface area contributed by atoms with Crippen LogP contribution in [-0.4, -0.2) is 37.1 Å². The van der Waals surface area contributed by atoms with Crippen LogP contribution in [0.1, 0.15) is 20.7 Å². The second-order valence-corrected chi connectivity index (χ2v) is 8.79. The number of hydrogen-bond acceptors (Lipinski definition) is 12. The lowest BCUT2D eigenvalue weighted by Gasteiger charge is -2.09. The molecule has 0 aliphatic heterocycles. The van der Waals surface area contributed by atoms with Crippen LogP contribution < -0.4 is 16.4 Å². The molecule has 0 amide bonds. The molecule has 5 aromatic rings. The van der Waals surface area contributed by atoms with Crippen LogP contribution in [0.4, 0.5) is 52.0 Å². The van der Waals surface area contributed by atoms with Crippen LogP contribution in [0.2, 0.25) is 0 Å². The molecule has 0 aliphatic rings. The van der Waals surface area contributed by atoms with Gasteiger partial charge in [0.05, 0.1) is 33.9 Å². The summed E-state index contributed by atoms with van der Waals surface area (Å²) in [5.41, 5.74) is 9.82. The van der Waals surface area contributed by atoms with Crippen molar-refractivity contribution in [1.82, 2.24) is 15.0 Å². The first-order chi connectivity index (χ1) is 20.8. The van der Waals surface area contributed by atoms with Crippen LogP contribution in [0.15, 0.2) is 118 Å². The zero-order valence-corrected chi connectivity index (χ0v) is 22.2. The molecule has 212 valence electrons. The molecule has 5 rings (SSSR count). The number of nitrogens with zero attached hydrogens (tertiary/aromatic N) is 7. The normalized spacial score (nSPS) is 11.1. The molecule has 0 atom stereocenters. The minimum absolute atomic E-state index is 0.0127. The maximum absolute atomic E-state index is 11.0. The molecular weight excluding hydrogens is 552 g/mol. The topological polar surface area (TPSA) is 213 Å². The molecule has 14 heteroatoms. The van der Waals surface area contributed by atoms with E-state index in [2.05, 4.69) is 46.0 Å². The van der Waals surface area contributed by atoms with Crippen molar-refractivity contribution in [3.05, 3.63) is 108 Å². The Morgan fingerprint density at radius 3 is 1.12 bits per heavy atom. The van der Waals surface area contributed by atoms with E-state index in [9.17, 15) is 9.59 Å². The Morgan fingerprint density at radius 1 is 0.512 bits per heavy atom.